The number of para-hydroxylation sites is 1. The summed E-state index contributed by atoms with van der Waals surface area (Å²) >= 11 is 0. The van der Waals surface area contributed by atoms with Gasteiger partial charge in [0.1, 0.15) is 0 Å². The second-order valence-electron chi connectivity index (χ2n) is 4.20. The Balaban J connectivity index is 1.97. The first-order valence-corrected chi connectivity index (χ1v) is 6.07. The van der Waals surface area contributed by atoms with E-state index in [2.05, 4.69) is 5.32 Å². The molecule has 1 amide bonds. The molecule has 4 heteroatoms. The second-order valence-corrected chi connectivity index (χ2v) is 4.20. The number of amides is 1. The van der Waals surface area contributed by atoms with Gasteiger partial charge >= 0.3 is 0 Å². The van der Waals surface area contributed by atoms with E-state index in [9.17, 15) is 9.59 Å². The average molecular weight is 264 g/mol. The van der Waals surface area contributed by atoms with Crippen molar-refractivity contribution < 1.29 is 9.59 Å². The monoisotopic (exact) mass is 264 g/mol. The summed E-state index contributed by atoms with van der Waals surface area (Å²) in [7, 11) is 0. The van der Waals surface area contributed by atoms with Crippen molar-refractivity contribution in [2.45, 2.75) is 6.42 Å². The molecule has 0 aliphatic carbocycles. The van der Waals surface area contributed by atoms with Gasteiger partial charge in [-0.3, -0.25) is 9.59 Å². The zero-order valence-electron chi connectivity index (χ0n) is 10.7. The standard InChI is InChI=1S/C16H12N2O2/c17-11-12-6-8-13(9-7-12)15(19)10-16(20)18-14-4-2-1-3-5-14/h1-9H,10H2,(H,18,20). The molecule has 0 unspecified atom stereocenters. The minimum Gasteiger partial charge on any atom is -0.326 e. The van der Waals surface area contributed by atoms with Crippen LogP contribution in [0.3, 0.4) is 0 Å². The highest BCUT2D eigenvalue weighted by atomic mass is 16.2. The third kappa shape index (κ3) is 3.53. The van der Waals surface area contributed by atoms with Crippen LogP contribution in [0, 0.1) is 11.3 Å². The highest BCUT2D eigenvalue weighted by molar-refractivity contribution is 6.11. The van der Waals surface area contributed by atoms with Crippen LogP contribution < -0.4 is 5.32 Å². The Morgan fingerprint density at radius 1 is 1.00 bits per heavy atom. The zero-order valence-corrected chi connectivity index (χ0v) is 10.7. The van der Waals surface area contributed by atoms with E-state index >= 15 is 0 Å². The smallest absolute Gasteiger partial charge is 0.232 e. The van der Waals surface area contributed by atoms with E-state index in [0.29, 0.717) is 16.8 Å². The van der Waals surface area contributed by atoms with Gasteiger partial charge in [0.15, 0.2) is 5.78 Å². The predicted molar refractivity (Wildman–Crippen MR) is 75.2 cm³/mol. The fourth-order valence-electron chi connectivity index (χ4n) is 1.71. The quantitative estimate of drug-likeness (QED) is 0.681. The van der Waals surface area contributed by atoms with Crippen LogP contribution in [0.1, 0.15) is 22.3 Å². The van der Waals surface area contributed by atoms with Gasteiger partial charge in [-0.25, -0.2) is 0 Å². The van der Waals surface area contributed by atoms with E-state index in [1.54, 1.807) is 48.5 Å². The minimum atomic E-state index is -0.356. The Labute approximate surface area is 116 Å². The van der Waals surface area contributed by atoms with E-state index in [0.717, 1.165) is 0 Å². The molecule has 0 spiro atoms. The second kappa shape index (κ2) is 6.30. The normalized spacial score (nSPS) is 9.55. The first-order chi connectivity index (χ1) is 9.69. The Morgan fingerprint density at radius 2 is 1.65 bits per heavy atom. The van der Waals surface area contributed by atoms with Crippen LogP contribution in [-0.4, -0.2) is 11.7 Å². The average Bonchev–Trinajstić information content (AvgIpc) is 2.48. The minimum absolute atomic E-state index is 0.221. The summed E-state index contributed by atoms with van der Waals surface area (Å²) in [6, 6.07) is 17.2. The summed E-state index contributed by atoms with van der Waals surface area (Å²) in [6.45, 7) is 0. The van der Waals surface area contributed by atoms with Crippen LogP contribution in [0.2, 0.25) is 0 Å². The van der Waals surface area contributed by atoms with Crippen molar-refractivity contribution in [2.75, 3.05) is 5.32 Å². The fraction of sp³-hybridized carbons (Fsp3) is 0.0625. The van der Waals surface area contributed by atoms with Gasteiger partial charge in [-0.15, -0.1) is 0 Å². The first kappa shape index (κ1) is 13.5. The molecule has 0 aromatic heterocycles. The molecular formula is C16H12N2O2. The SMILES string of the molecule is N#Cc1ccc(C(=O)CC(=O)Nc2ccccc2)cc1. The third-order valence-electron chi connectivity index (χ3n) is 2.71. The fourth-order valence-corrected chi connectivity index (χ4v) is 1.71. The number of rotatable bonds is 4. The molecule has 2 aromatic carbocycles. The van der Waals surface area contributed by atoms with Crippen LogP contribution in [0.25, 0.3) is 0 Å². The molecule has 2 rings (SSSR count). The number of nitrogens with zero attached hydrogens (tertiary/aromatic N) is 1. The molecule has 0 heterocycles. The number of Topliss-reactive ketones (excluding diaryl/α,β-unsaturated/α-hetero) is 1. The molecule has 0 aliphatic heterocycles. The lowest BCUT2D eigenvalue weighted by Crippen LogP contribution is -2.16. The van der Waals surface area contributed by atoms with E-state index < -0.39 is 0 Å². The van der Waals surface area contributed by atoms with Gasteiger partial charge in [-0.05, 0) is 24.3 Å². The van der Waals surface area contributed by atoms with Gasteiger partial charge in [-0.2, -0.15) is 5.26 Å². The molecule has 0 atom stereocenters. The van der Waals surface area contributed by atoms with Crippen molar-refractivity contribution in [3.63, 3.8) is 0 Å². The summed E-state index contributed by atoms with van der Waals surface area (Å²) in [6.07, 6.45) is -0.221. The number of hydrogen-bond acceptors (Lipinski definition) is 3. The topological polar surface area (TPSA) is 70.0 Å². The number of carbonyl (C=O) groups excluding carboxylic acids is 2. The molecule has 1 N–H and O–H groups in total. The summed E-state index contributed by atoms with van der Waals surface area (Å²) in [5, 5.41) is 11.3. The summed E-state index contributed by atoms with van der Waals surface area (Å²) < 4.78 is 0. The van der Waals surface area contributed by atoms with Crippen LogP contribution in [0.15, 0.2) is 54.6 Å². The zero-order chi connectivity index (χ0) is 14.4. The number of nitrogens with one attached hydrogen (secondary N) is 1. The first-order valence-electron chi connectivity index (χ1n) is 6.07. The van der Waals surface area contributed by atoms with Crippen LogP contribution in [0.4, 0.5) is 5.69 Å². The Bertz CT molecular complexity index is 655. The lowest BCUT2D eigenvalue weighted by Gasteiger charge is -2.04. The molecule has 98 valence electrons. The van der Waals surface area contributed by atoms with Gasteiger partial charge in [0, 0.05) is 11.3 Å². The van der Waals surface area contributed by atoms with E-state index in [1.807, 2.05) is 12.1 Å². The van der Waals surface area contributed by atoms with Crippen LogP contribution in [-0.2, 0) is 4.79 Å². The molecule has 0 bridgehead atoms. The highest BCUT2D eigenvalue weighted by Crippen LogP contribution is 2.09. The Kier molecular flexibility index (Phi) is 4.25. The van der Waals surface area contributed by atoms with Gasteiger partial charge in [-0.1, -0.05) is 30.3 Å². The number of hydrogen-bond donors (Lipinski definition) is 1. The number of carbonyl (C=O) groups is 2. The lowest BCUT2D eigenvalue weighted by molar-refractivity contribution is -0.115. The molecule has 0 radical (unpaired) electrons. The molecule has 2 aromatic rings. The highest BCUT2D eigenvalue weighted by Gasteiger charge is 2.11. The number of nitriles is 1. The van der Waals surface area contributed by atoms with E-state index in [4.69, 9.17) is 5.26 Å². The molecular weight excluding hydrogens is 252 g/mol. The summed E-state index contributed by atoms with van der Waals surface area (Å²) in [5.41, 5.74) is 1.56. The lowest BCUT2D eigenvalue weighted by atomic mass is 10.1. The van der Waals surface area contributed by atoms with E-state index in [-0.39, 0.29) is 18.1 Å². The van der Waals surface area contributed by atoms with Crippen LogP contribution >= 0.6 is 0 Å². The molecule has 0 fully saturated rings. The Hall–Kier alpha value is -2.93. The molecule has 0 saturated heterocycles. The maximum atomic E-state index is 11.9. The number of ketones is 1. The van der Waals surface area contributed by atoms with Crippen molar-refractivity contribution >= 4 is 17.4 Å². The molecule has 20 heavy (non-hydrogen) atoms. The van der Waals surface area contributed by atoms with Crippen molar-refractivity contribution in [3.8, 4) is 6.07 Å². The third-order valence-corrected chi connectivity index (χ3v) is 2.71. The number of benzene rings is 2. The van der Waals surface area contributed by atoms with Gasteiger partial charge in [0.25, 0.3) is 0 Å². The van der Waals surface area contributed by atoms with Gasteiger partial charge < -0.3 is 5.32 Å². The van der Waals surface area contributed by atoms with E-state index in [1.165, 1.54) is 0 Å². The largest absolute Gasteiger partial charge is 0.326 e. The molecule has 4 nitrogen and oxygen atoms in total. The molecule has 0 aliphatic rings. The van der Waals surface area contributed by atoms with Crippen molar-refractivity contribution in [1.82, 2.24) is 0 Å². The van der Waals surface area contributed by atoms with Gasteiger partial charge in [0.2, 0.25) is 5.91 Å². The maximum absolute atomic E-state index is 11.9. The maximum Gasteiger partial charge on any atom is 0.232 e. The van der Waals surface area contributed by atoms with Crippen molar-refractivity contribution in [3.05, 3.63) is 65.7 Å². The van der Waals surface area contributed by atoms with Gasteiger partial charge in [0.05, 0.1) is 18.1 Å². The Morgan fingerprint density at radius 3 is 2.25 bits per heavy atom. The summed E-state index contributed by atoms with van der Waals surface area (Å²) in [4.78, 5) is 23.6. The predicted octanol–water partition coefficient (Wildman–Crippen LogP) is 2.77. The van der Waals surface area contributed by atoms with Crippen molar-refractivity contribution in [2.24, 2.45) is 0 Å². The number of anilines is 1. The molecule has 0 saturated carbocycles. The van der Waals surface area contributed by atoms with Crippen LogP contribution in [0.5, 0.6) is 0 Å². The summed E-state index contributed by atoms with van der Waals surface area (Å²) in [5.74, 6) is -0.631. The van der Waals surface area contributed by atoms with Crippen molar-refractivity contribution in [1.29, 1.82) is 5.26 Å².